The second-order valence-corrected chi connectivity index (χ2v) is 6.07. The van der Waals surface area contributed by atoms with Crippen molar-refractivity contribution in [2.24, 2.45) is 0 Å². The van der Waals surface area contributed by atoms with Gasteiger partial charge in [-0.25, -0.2) is 9.59 Å². The maximum atomic E-state index is 11.5. The van der Waals surface area contributed by atoms with Gasteiger partial charge >= 0.3 is 11.9 Å². The molecule has 2 heterocycles. The number of benzene rings is 1. The van der Waals surface area contributed by atoms with Crippen LogP contribution in [0.15, 0.2) is 49.1 Å². The fourth-order valence-electron chi connectivity index (χ4n) is 2.27. The molecule has 2 aromatic heterocycles. The van der Waals surface area contributed by atoms with Gasteiger partial charge in [0.15, 0.2) is 0 Å². The van der Waals surface area contributed by atoms with Crippen molar-refractivity contribution in [3.8, 4) is 0 Å². The van der Waals surface area contributed by atoms with Crippen LogP contribution >= 0.6 is 11.6 Å². The molecule has 0 radical (unpaired) electrons. The van der Waals surface area contributed by atoms with Crippen LogP contribution in [-0.2, 0) is 21.9 Å². The first-order valence-electron chi connectivity index (χ1n) is 9.06. The summed E-state index contributed by atoms with van der Waals surface area (Å²) >= 11 is 5.74. The predicted molar refractivity (Wildman–Crippen MR) is 108 cm³/mol. The normalized spacial score (nSPS) is 10.0. The number of hydrogen-bond donors (Lipinski definition) is 1. The lowest BCUT2D eigenvalue weighted by Crippen LogP contribution is -2.04. The molecule has 0 saturated carbocycles. The summed E-state index contributed by atoms with van der Waals surface area (Å²) in [5.74, 6) is -0.169. The Hall–Kier alpha value is -3.13. The van der Waals surface area contributed by atoms with Gasteiger partial charge in [0.25, 0.3) is 0 Å². The van der Waals surface area contributed by atoms with Gasteiger partial charge in [-0.15, -0.1) is 11.6 Å². The first kappa shape index (κ1) is 22.2. The quantitative estimate of drug-likeness (QED) is 0.466. The molecule has 3 aromatic rings. The summed E-state index contributed by atoms with van der Waals surface area (Å²) in [4.78, 5) is 22.3. The molecule has 29 heavy (non-hydrogen) atoms. The largest absolute Gasteiger partial charge is 0.462 e. The molecule has 154 valence electrons. The van der Waals surface area contributed by atoms with E-state index in [0.29, 0.717) is 36.8 Å². The van der Waals surface area contributed by atoms with Crippen molar-refractivity contribution in [1.29, 1.82) is 0 Å². The van der Waals surface area contributed by atoms with E-state index in [0.717, 1.165) is 11.1 Å². The maximum absolute atomic E-state index is 11.5. The van der Waals surface area contributed by atoms with E-state index in [1.54, 1.807) is 24.7 Å². The summed E-state index contributed by atoms with van der Waals surface area (Å²) in [6.07, 6.45) is 6.13. The molecule has 9 heteroatoms. The molecule has 0 unspecified atom stereocenters. The van der Waals surface area contributed by atoms with Gasteiger partial charge in [-0.05, 0) is 25.0 Å². The van der Waals surface area contributed by atoms with Crippen molar-refractivity contribution in [3.63, 3.8) is 0 Å². The van der Waals surface area contributed by atoms with E-state index >= 15 is 0 Å². The number of nitrogens with one attached hydrogen (secondary N) is 1. The van der Waals surface area contributed by atoms with Crippen LogP contribution in [0.2, 0.25) is 0 Å². The van der Waals surface area contributed by atoms with Crippen LogP contribution in [0.3, 0.4) is 0 Å². The molecule has 0 atom stereocenters. The van der Waals surface area contributed by atoms with Gasteiger partial charge in [0, 0.05) is 18.3 Å². The van der Waals surface area contributed by atoms with Crippen molar-refractivity contribution in [3.05, 3.63) is 71.3 Å². The van der Waals surface area contributed by atoms with Gasteiger partial charge in [0.2, 0.25) is 0 Å². The van der Waals surface area contributed by atoms with E-state index in [4.69, 9.17) is 16.3 Å². The second-order valence-electron chi connectivity index (χ2n) is 5.80. The summed E-state index contributed by atoms with van der Waals surface area (Å²) in [5, 5.41) is 10.3. The number of rotatable bonds is 7. The number of H-pyrrole nitrogens is 1. The molecule has 0 bridgehead atoms. The van der Waals surface area contributed by atoms with Crippen molar-refractivity contribution in [2.45, 2.75) is 26.3 Å². The number of aromatic nitrogens is 4. The molecule has 0 saturated heterocycles. The van der Waals surface area contributed by atoms with Crippen LogP contribution in [0.25, 0.3) is 0 Å². The molecule has 0 amide bonds. The molecule has 8 nitrogen and oxygen atoms in total. The highest BCUT2D eigenvalue weighted by atomic mass is 35.5. The molecule has 0 aliphatic rings. The molecule has 0 spiro atoms. The van der Waals surface area contributed by atoms with E-state index in [9.17, 15) is 9.59 Å². The average molecular weight is 419 g/mol. The molecular formula is C20H23ClN4O4. The molecule has 0 fully saturated rings. The summed E-state index contributed by atoms with van der Waals surface area (Å²) in [7, 11) is 0. The van der Waals surface area contributed by atoms with Gasteiger partial charge in [-0.1, -0.05) is 24.3 Å². The third-order valence-electron chi connectivity index (χ3n) is 3.68. The Morgan fingerprint density at radius 2 is 1.62 bits per heavy atom. The van der Waals surface area contributed by atoms with E-state index in [-0.39, 0.29) is 11.9 Å². The van der Waals surface area contributed by atoms with Crippen LogP contribution in [0.1, 0.15) is 45.7 Å². The zero-order valence-electron chi connectivity index (χ0n) is 16.3. The minimum absolute atomic E-state index is 0.337. The highest BCUT2D eigenvalue weighted by Gasteiger charge is 2.09. The number of aromatic amines is 1. The average Bonchev–Trinajstić information content (AvgIpc) is 3.42. The van der Waals surface area contributed by atoms with E-state index in [2.05, 4.69) is 20.0 Å². The lowest BCUT2D eigenvalue weighted by molar-refractivity contribution is 0.0516. The zero-order valence-corrected chi connectivity index (χ0v) is 17.1. The molecule has 0 aliphatic carbocycles. The fraction of sp³-hybridized carbons (Fsp3) is 0.300. The minimum Gasteiger partial charge on any atom is -0.462 e. The monoisotopic (exact) mass is 418 g/mol. The number of esters is 2. The Morgan fingerprint density at radius 3 is 2.17 bits per heavy atom. The summed E-state index contributed by atoms with van der Waals surface area (Å²) in [6.45, 7) is 4.91. The molecule has 1 N–H and O–H groups in total. The molecule has 1 aromatic carbocycles. The Kier molecular flexibility index (Phi) is 8.91. The third-order valence-corrected chi connectivity index (χ3v) is 3.98. The van der Waals surface area contributed by atoms with Crippen molar-refractivity contribution in [1.82, 2.24) is 20.0 Å². The molecule has 0 aliphatic heterocycles. The summed E-state index contributed by atoms with van der Waals surface area (Å²) < 4.78 is 11.3. The van der Waals surface area contributed by atoms with Crippen LogP contribution in [0.5, 0.6) is 0 Å². The number of carbonyl (C=O) groups excluding carboxylic acids is 2. The third kappa shape index (κ3) is 7.08. The van der Waals surface area contributed by atoms with Gasteiger partial charge in [-0.2, -0.15) is 10.2 Å². The topological polar surface area (TPSA) is 99.1 Å². The van der Waals surface area contributed by atoms with Gasteiger partial charge < -0.3 is 9.47 Å². The maximum Gasteiger partial charge on any atom is 0.341 e. The van der Waals surface area contributed by atoms with Crippen LogP contribution in [0.4, 0.5) is 0 Å². The number of nitrogens with zero attached hydrogens (tertiary/aromatic N) is 3. The van der Waals surface area contributed by atoms with Crippen LogP contribution in [0, 0.1) is 0 Å². The zero-order chi connectivity index (χ0) is 21.1. The Morgan fingerprint density at radius 1 is 1.00 bits per heavy atom. The Balaban J connectivity index is 0.000000253. The summed E-state index contributed by atoms with van der Waals surface area (Å²) in [5.41, 5.74) is 3.12. The molecule has 3 rings (SSSR count). The van der Waals surface area contributed by atoms with Crippen molar-refractivity contribution >= 4 is 23.5 Å². The van der Waals surface area contributed by atoms with Gasteiger partial charge in [0.1, 0.15) is 0 Å². The minimum atomic E-state index is -0.341. The lowest BCUT2D eigenvalue weighted by Gasteiger charge is -2.03. The van der Waals surface area contributed by atoms with E-state index in [1.807, 2.05) is 24.3 Å². The number of ether oxygens (including phenoxy) is 2. The van der Waals surface area contributed by atoms with E-state index in [1.165, 1.54) is 18.6 Å². The second kappa shape index (κ2) is 11.7. The number of halogens is 1. The van der Waals surface area contributed by atoms with E-state index < -0.39 is 0 Å². The van der Waals surface area contributed by atoms with Crippen molar-refractivity contribution < 1.29 is 19.1 Å². The van der Waals surface area contributed by atoms with Crippen molar-refractivity contribution in [2.75, 3.05) is 13.2 Å². The fourth-order valence-corrected chi connectivity index (χ4v) is 2.45. The Labute approximate surface area is 173 Å². The van der Waals surface area contributed by atoms with Gasteiger partial charge in [0.05, 0.1) is 43.3 Å². The Bertz CT molecular complexity index is 892. The predicted octanol–water partition coefficient (Wildman–Crippen LogP) is 3.43. The number of alkyl halides is 1. The number of carbonyl (C=O) groups is 2. The standard InChI is InChI=1S/C14H15ClN2O2.C6H8N2O2/c1-2-19-14(18)13-8-16-17(10-13)9-12-5-3-11(7-15)4-6-12;1-2-10-6(9)5-3-7-8-4-5/h3-6,8,10H,2,7,9H2,1H3;3-4H,2H2,1H3,(H,7,8). The summed E-state index contributed by atoms with van der Waals surface area (Å²) in [6, 6.07) is 7.98. The van der Waals surface area contributed by atoms with Crippen LogP contribution < -0.4 is 0 Å². The first-order valence-corrected chi connectivity index (χ1v) is 9.60. The van der Waals surface area contributed by atoms with Crippen LogP contribution in [-0.4, -0.2) is 45.1 Å². The highest BCUT2D eigenvalue weighted by Crippen LogP contribution is 2.09. The molecular weight excluding hydrogens is 396 g/mol. The first-order chi connectivity index (χ1) is 14.1. The SMILES string of the molecule is CCOC(=O)c1cn[nH]c1.CCOC(=O)c1cnn(Cc2ccc(CCl)cc2)c1. The lowest BCUT2D eigenvalue weighted by atomic mass is 10.1. The number of hydrogen-bond acceptors (Lipinski definition) is 6. The highest BCUT2D eigenvalue weighted by molar-refractivity contribution is 6.17. The smallest absolute Gasteiger partial charge is 0.341 e. The van der Waals surface area contributed by atoms with Gasteiger partial charge in [-0.3, -0.25) is 9.78 Å².